The first-order valence-electron chi connectivity index (χ1n) is 7.15. The molecule has 1 aliphatic rings. The first-order valence-corrected chi connectivity index (χ1v) is 7.69. The molecule has 3 nitrogen and oxygen atoms in total. The fraction of sp³-hybridized carbons (Fsp3) is 0.562. The van der Waals surface area contributed by atoms with E-state index >= 15 is 0 Å². The monoisotopic (exact) mass is 295 g/mol. The zero-order chi connectivity index (χ0) is 14.6. The van der Waals surface area contributed by atoms with Crippen LogP contribution in [0.4, 0.5) is 5.69 Å². The third-order valence-electron chi connectivity index (χ3n) is 3.67. The van der Waals surface area contributed by atoms with E-state index in [1.807, 2.05) is 38.1 Å². The van der Waals surface area contributed by atoms with Crippen molar-refractivity contribution in [2.45, 2.75) is 45.6 Å². The number of rotatable bonds is 5. The van der Waals surface area contributed by atoms with E-state index < -0.39 is 5.41 Å². The quantitative estimate of drug-likeness (QED) is 0.826. The average Bonchev–Trinajstić information content (AvgIpc) is 2.94. The van der Waals surface area contributed by atoms with Crippen molar-refractivity contribution in [3.8, 4) is 5.75 Å². The first-order chi connectivity index (χ1) is 9.51. The van der Waals surface area contributed by atoms with Crippen LogP contribution in [0.2, 0.25) is 0 Å². The minimum Gasteiger partial charge on any atom is -0.490 e. The standard InChI is InChI=1S/C16H22ClNO2/c1-16(2,11-17)15(19)18-12-7-9-14(10-8-12)20-13-5-3-4-6-13/h7-10,13H,3-6,11H2,1-2H3,(H,18,19). The summed E-state index contributed by atoms with van der Waals surface area (Å²) in [7, 11) is 0. The van der Waals surface area contributed by atoms with E-state index in [2.05, 4.69) is 5.32 Å². The van der Waals surface area contributed by atoms with Gasteiger partial charge >= 0.3 is 0 Å². The normalized spacial score (nSPS) is 16.1. The number of halogens is 1. The smallest absolute Gasteiger partial charge is 0.231 e. The van der Waals surface area contributed by atoms with Crippen LogP contribution in [-0.4, -0.2) is 17.9 Å². The summed E-state index contributed by atoms with van der Waals surface area (Å²) in [6.07, 6.45) is 5.15. The zero-order valence-electron chi connectivity index (χ0n) is 12.1. The maximum Gasteiger partial charge on any atom is 0.231 e. The molecule has 0 unspecified atom stereocenters. The topological polar surface area (TPSA) is 38.3 Å². The Hall–Kier alpha value is -1.22. The number of amides is 1. The molecule has 4 heteroatoms. The Labute approximate surface area is 125 Å². The number of hydrogen-bond donors (Lipinski definition) is 1. The second kappa shape index (κ2) is 6.49. The molecule has 0 aromatic heterocycles. The van der Waals surface area contributed by atoms with E-state index in [-0.39, 0.29) is 5.91 Å². The van der Waals surface area contributed by atoms with E-state index in [1.54, 1.807) is 0 Å². The van der Waals surface area contributed by atoms with E-state index in [9.17, 15) is 4.79 Å². The van der Waals surface area contributed by atoms with Gasteiger partial charge in [-0.1, -0.05) is 0 Å². The molecule has 0 aliphatic heterocycles. The predicted octanol–water partition coefficient (Wildman–Crippen LogP) is 4.21. The van der Waals surface area contributed by atoms with Gasteiger partial charge in [-0.25, -0.2) is 0 Å². The van der Waals surface area contributed by atoms with Crippen molar-refractivity contribution >= 4 is 23.2 Å². The lowest BCUT2D eigenvalue weighted by molar-refractivity contribution is -0.122. The molecular weight excluding hydrogens is 274 g/mol. The summed E-state index contributed by atoms with van der Waals surface area (Å²) in [4.78, 5) is 12.0. The van der Waals surface area contributed by atoms with Crippen LogP contribution in [0.1, 0.15) is 39.5 Å². The largest absolute Gasteiger partial charge is 0.490 e. The van der Waals surface area contributed by atoms with Crippen LogP contribution in [-0.2, 0) is 4.79 Å². The van der Waals surface area contributed by atoms with Crippen LogP contribution in [0.25, 0.3) is 0 Å². The van der Waals surface area contributed by atoms with Crippen LogP contribution in [0.3, 0.4) is 0 Å². The highest BCUT2D eigenvalue weighted by Crippen LogP contribution is 2.26. The highest BCUT2D eigenvalue weighted by molar-refractivity contribution is 6.20. The van der Waals surface area contributed by atoms with Crippen molar-refractivity contribution in [3.05, 3.63) is 24.3 Å². The Morgan fingerprint density at radius 2 is 1.90 bits per heavy atom. The van der Waals surface area contributed by atoms with E-state index in [1.165, 1.54) is 12.8 Å². The van der Waals surface area contributed by atoms with Gasteiger partial charge in [-0.3, -0.25) is 4.79 Å². The SMILES string of the molecule is CC(C)(CCl)C(=O)Nc1ccc(OC2CCCC2)cc1. The number of ether oxygens (including phenoxy) is 1. The van der Waals surface area contributed by atoms with E-state index in [0.717, 1.165) is 24.3 Å². The number of anilines is 1. The Kier molecular flexibility index (Phi) is 4.92. The molecule has 2 rings (SSSR count). The van der Waals surface area contributed by atoms with Crippen LogP contribution < -0.4 is 10.1 Å². The zero-order valence-corrected chi connectivity index (χ0v) is 12.9. The number of carbonyl (C=O) groups is 1. The van der Waals surface area contributed by atoms with Crippen LogP contribution >= 0.6 is 11.6 Å². The summed E-state index contributed by atoms with van der Waals surface area (Å²) in [6.45, 7) is 3.65. The summed E-state index contributed by atoms with van der Waals surface area (Å²) >= 11 is 5.79. The number of nitrogens with one attached hydrogen (secondary N) is 1. The summed E-state index contributed by atoms with van der Waals surface area (Å²) in [5, 5.41) is 2.88. The molecule has 20 heavy (non-hydrogen) atoms. The van der Waals surface area contributed by atoms with E-state index in [0.29, 0.717) is 12.0 Å². The molecule has 0 saturated heterocycles. The number of alkyl halides is 1. The van der Waals surface area contributed by atoms with Gasteiger partial charge < -0.3 is 10.1 Å². The average molecular weight is 296 g/mol. The minimum atomic E-state index is -0.569. The van der Waals surface area contributed by atoms with Crippen LogP contribution in [0.5, 0.6) is 5.75 Å². The maximum absolute atomic E-state index is 12.0. The number of benzene rings is 1. The molecule has 0 atom stereocenters. The third kappa shape index (κ3) is 3.89. The molecule has 1 aromatic carbocycles. The van der Waals surface area contributed by atoms with Gasteiger partial charge in [0.15, 0.2) is 0 Å². The molecule has 1 saturated carbocycles. The van der Waals surface area contributed by atoms with Crippen LogP contribution in [0, 0.1) is 5.41 Å². The summed E-state index contributed by atoms with van der Waals surface area (Å²) in [5.41, 5.74) is 0.201. The number of hydrogen-bond acceptors (Lipinski definition) is 2. The van der Waals surface area contributed by atoms with Crippen molar-refractivity contribution in [1.29, 1.82) is 0 Å². The molecule has 1 N–H and O–H groups in total. The Morgan fingerprint density at radius 1 is 1.30 bits per heavy atom. The molecule has 110 valence electrons. The summed E-state index contributed by atoms with van der Waals surface area (Å²) in [5.74, 6) is 1.09. The van der Waals surface area contributed by atoms with Gasteiger partial charge in [0, 0.05) is 11.6 Å². The summed E-state index contributed by atoms with van der Waals surface area (Å²) in [6, 6.07) is 7.54. The lowest BCUT2D eigenvalue weighted by atomic mass is 9.95. The fourth-order valence-electron chi connectivity index (χ4n) is 2.18. The highest BCUT2D eigenvalue weighted by Gasteiger charge is 2.26. The van der Waals surface area contributed by atoms with Gasteiger partial charge in [0.05, 0.1) is 11.5 Å². The summed E-state index contributed by atoms with van der Waals surface area (Å²) < 4.78 is 5.89. The molecule has 1 aromatic rings. The van der Waals surface area contributed by atoms with Gasteiger partial charge in [-0.2, -0.15) is 0 Å². The van der Waals surface area contributed by atoms with Gasteiger partial charge in [0.1, 0.15) is 5.75 Å². The van der Waals surface area contributed by atoms with Crippen LogP contribution in [0.15, 0.2) is 24.3 Å². The lowest BCUT2D eigenvalue weighted by Gasteiger charge is -2.20. The molecule has 0 spiro atoms. The van der Waals surface area contributed by atoms with Gasteiger partial charge in [-0.05, 0) is 63.8 Å². The molecule has 1 amide bonds. The lowest BCUT2D eigenvalue weighted by Crippen LogP contribution is -2.32. The molecule has 1 fully saturated rings. The van der Waals surface area contributed by atoms with Gasteiger partial charge in [0.2, 0.25) is 5.91 Å². The molecule has 0 radical (unpaired) electrons. The Bertz CT molecular complexity index is 450. The maximum atomic E-state index is 12.0. The van der Waals surface area contributed by atoms with Gasteiger partial charge in [-0.15, -0.1) is 11.6 Å². The van der Waals surface area contributed by atoms with Gasteiger partial charge in [0.25, 0.3) is 0 Å². The highest BCUT2D eigenvalue weighted by atomic mass is 35.5. The Morgan fingerprint density at radius 3 is 2.45 bits per heavy atom. The van der Waals surface area contributed by atoms with Crippen molar-refractivity contribution < 1.29 is 9.53 Å². The number of carbonyl (C=O) groups excluding carboxylic acids is 1. The fourth-order valence-corrected chi connectivity index (χ4v) is 2.30. The second-order valence-electron chi connectivity index (χ2n) is 6.02. The van der Waals surface area contributed by atoms with Crippen molar-refractivity contribution in [3.63, 3.8) is 0 Å². The van der Waals surface area contributed by atoms with Crippen molar-refractivity contribution in [2.24, 2.45) is 5.41 Å². The molecular formula is C16H22ClNO2. The molecule has 1 aliphatic carbocycles. The Balaban J connectivity index is 1.92. The predicted molar refractivity (Wildman–Crippen MR) is 82.5 cm³/mol. The third-order valence-corrected chi connectivity index (χ3v) is 4.33. The second-order valence-corrected chi connectivity index (χ2v) is 6.29. The molecule has 0 bridgehead atoms. The first kappa shape index (κ1) is 15.2. The molecule has 0 heterocycles. The van der Waals surface area contributed by atoms with Crippen molar-refractivity contribution in [1.82, 2.24) is 0 Å². The van der Waals surface area contributed by atoms with E-state index in [4.69, 9.17) is 16.3 Å². The minimum absolute atomic E-state index is 0.0723. The van der Waals surface area contributed by atoms with Crippen molar-refractivity contribution in [2.75, 3.05) is 11.2 Å².